The van der Waals surface area contributed by atoms with Crippen molar-refractivity contribution in [1.82, 2.24) is 5.32 Å². The minimum Gasteiger partial charge on any atom is -0.457 e. The summed E-state index contributed by atoms with van der Waals surface area (Å²) in [6.45, 7) is 0. The Morgan fingerprint density at radius 1 is 0.618 bits per heavy atom. The second-order valence-electron chi connectivity index (χ2n) is 7.67. The lowest BCUT2D eigenvalue weighted by Crippen LogP contribution is -2.20. The lowest BCUT2D eigenvalue weighted by molar-refractivity contribution is 0.0880. The summed E-state index contributed by atoms with van der Waals surface area (Å²) in [6, 6.07) is 25.9. The van der Waals surface area contributed by atoms with Crippen LogP contribution in [0.1, 0.15) is 31.8 Å². The molecule has 4 aromatic carbocycles. The highest BCUT2D eigenvalue weighted by Gasteiger charge is 2.35. The van der Waals surface area contributed by atoms with Crippen molar-refractivity contribution in [3.63, 3.8) is 0 Å². The molecule has 0 spiro atoms. The lowest BCUT2D eigenvalue weighted by atomic mass is 9.89. The molecule has 0 radical (unpaired) electrons. The summed E-state index contributed by atoms with van der Waals surface area (Å²) in [5, 5.41) is 2.32. The van der Waals surface area contributed by atoms with Crippen LogP contribution in [0, 0.1) is 11.8 Å². The minimum atomic E-state index is -0.572. The van der Waals surface area contributed by atoms with Crippen LogP contribution in [0.5, 0.6) is 11.5 Å². The molecular weight excluding hydrogens is 426 g/mol. The van der Waals surface area contributed by atoms with Crippen LogP contribution in [-0.2, 0) is 0 Å². The number of fused-ring (bicyclic) bond motifs is 1. The molecule has 1 heterocycles. The van der Waals surface area contributed by atoms with E-state index >= 15 is 0 Å². The molecule has 34 heavy (non-hydrogen) atoms. The van der Waals surface area contributed by atoms with E-state index in [2.05, 4.69) is 17.2 Å². The molecule has 0 saturated heterocycles. The van der Waals surface area contributed by atoms with Crippen molar-refractivity contribution in [2.75, 3.05) is 11.5 Å². The van der Waals surface area contributed by atoms with Gasteiger partial charge in [0.25, 0.3) is 11.8 Å². The average molecular weight is 445 g/mol. The average Bonchev–Trinajstić information content (AvgIpc) is 3.16. The first kappa shape index (κ1) is 20.9. The zero-order valence-corrected chi connectivity index (χ0v) is 18.0. The molecule has 4 aromatic rings. The first-order valence-corrected chi connectivity index (χ1v) is 10.5. The molecule has 0 aromatic heterocycles. The van der Waals surface area contributed by atoms with Gasteiger partial charge in [0.15, 0.2) is 0 Å². The summed E-state index contributed by atoms with van der Waals surface area (Å²) < 4.78 is 5.87. The Hall–Kier alpha value is -5.02. The summed E-state index contributed by atoms with van der Waals surface area (Å²) in [6.07, 6.45) is 0. The van der Waals surface area contributed by atoms with E-state index in [0.717, 1.165) is 5.56 Å². The smallest absolute Gasteiger partial charge is 0.261 e. The van der Waals surface area contributed by atoms with Gasteiger partial charge in [0.2, 0.25) is 0 Å². The van der Waals surface area contributed by atoms with Crippen LogP contribution >= 0.6 is 0 Å². The molecule has 2 amide bonds. The Morgan fingerprint density at radius 2 is 1.21 bits per heavy atom. The SMILES string of the molecule is Nc1c(N)c2c(c(-c3ccc(Oc4ccccc4)cc3)c1C#Cc1ccccc1)C(=O)NC2=O. The number of nitrogen functional groups attached to an aromatic ring is 2. The number of nitrogens with one attached hydrogen (secondary N) is 1. The maximum atomic E-state index is 12.8. The number of ether oxygens (including phenoxy) is 1. The van der Waals surface area contributed by atoms with Crippen molar-refractivity contribution in [2.24, 2.45) is 0 Å². The topological polar surface area (TPSA) is 107 Å². The largest absolute Gasteiger partial charge is 0.457 e. The number of carbonyl (C=O) groups is 2. The van der Waals surface area contributed by atoms with Crippen LogP contribution in [-0.4, -0.2) is 11.8 Å². The molecule has 0 atom stereocenters. The predicted molar refractivity (Wildman–Crippen MR) is 131 cm³/mol. The molecule has 0 unspecified atom stereocenters. The summed E-state index contributed by atoms with van der Waals surface area (Å²) in [5.41, 5.74) is 15.3. The standard InChI is InChI=1S/C28H19N3O3/c29-25-21(16-11-17-7-3-1-4-8-17)22(23-24(26(25)30)28(33)31-27(23)32)18-12-14-20(15-13-18)34-19-9-5-2-6-10-19/h1-10,12-15H,29-30H2,(H,31,32,33). The van der Waals surface area contributed by atoms with Gasteiger partial charge >= 0.3 is 0 Å². The van der Waals surface area contributed by atoms with E-state index in [0.29, 0.717) is 28.2 Å². The highest BCUT2D eigenvalue weighted by molar-refractivity contribution is 6.28. The lowest BCUT2D eigenvalue weighted by Gasteiger charge is -2.15. The van der Waals surface area contributed by atoms with Crippen molar-refractivity contribution < 1.29 is 14.3 Å². The van der Waals surface area contributed by atoms with Crippen LogP contribution in [0.25, 0.3) is 11.1 Å². The third-order valence-corrected chi connectivity index (χ3v) is 5.49. The minimum absolute atomic E-state index is 0.0449. The monoisotopic (exact) mass is 445 g/mol. The van der Waals surface area contributed by atoms with Gasteiger partial charge < -0.3 is 16.2 Å². The van der Waals surface area contributed by atoms with Crippen molar-refractivity contribution in [3.8, 4) is 34.5 Å². The van der Waals surface area contributed by atoms with Gasteiger partial charge in [-0.15, -0.1) is 0 Å². The zero-order valence-electron chi connectivity index (χ0n) is 18.0. The number of rotatable bonds is 3. The second-order valence-corrected chi connectivity index (χ2v) is 7.67. The molecule has 5 rings (SSSR count). The van der Waals surface area contributed by atoms with Crippen molar-refractivity contribution >= 4 is 23.2 Å². The van der Waals surface area contributed by atoms with Gasteiger partial charge in [0.05, 0.1) is 28.1 Å². The molecule has 6 nitrogen and oxygen atoms in total. The number of amides is 2. The molecule has 5 N–H and O–H groups in total. The molecule has 0 aliphatic carbocycles. The highest BCUT2D eigenvalue weighted by atomic mass is 16.5. The van der Waals surface area contributed by atoms with Gasteiger partial charge in [0, 0.05) is 11.1 Å². The first-order chi connectivity index (χ1) is 16.5. The van der Waals surface area contributed by atoms with Crippen molar-refractivity contribution in [3.05, 3.63) is 107 Å². The molecular formula is C28H19N3O3. The van der Waals surface area contributed by atoms with E-state index in [9.17, 15) is 9.59 Å². The number of anilines is 2. The molecule has 0 bridgehead atoms. The Balaban J connectivity index is 1.66. The predicted octanol–water partition coefficient (Wildman–Crippen LogP) is 4.59. The first-order valence-electron chi connectivity index (χ1n) is 10.5. The van der Waals surface area contributed by atoms with Gasteiger partial charge in [-0.1, -0.05) is 60.4 Å². The van der Waals surface area contributed by atoms with E-state index in [1.807, 2.05) is 60.7 Å². The van der Waals surface area contributed by atoms with Crippen LogP contribution in [0.3, 0.4) is 0 Å². The van der Waals surface area contributed by atoms with Gasteiger partial charge in [-0.05, 0) is 42.0 Å². The van der Waals surface area contributed by atoms with Gasteiger partial charge in [-0.2, -0.15) is 0 Å². The number of benzene rings is 4. The molecule has 0 saturated carbocycles. The number of para-hydroxylation sites is 1. The number of hydrogen-bond acceptors (Lipinski definition) is 5. The third-order valence-electron chi connectivity index (χ3n) is 5.49. The molecule has 0 fully saturated rings. The van der Waals surface area contributed by atoms with Crippen LogP contribution < -0.4 is 21.5 Å². The van der Waals surface area contributed by atoms with E-state index in [-0.39, 0.29) is 22.5 Å². The normalized spacial score (nSPS) is 11.9. The number of carbonyl (C=O) groups excluding carboxylic acids is 2. The van der Waals surface area contributed by atoms with Gasteiger partial charge in [-0.25, -0.2) is 0 Å². The van der Waals surface area contributed by atoms with E-state index in [1.165, 1.54) is 0 Å². The maximum Gasteiger partial charge on any atom is 0.261 e. The van der Waals surface area contributed by atoms with Crippen LogP contribution in [0.4, 0.5) is 11.4 Å². The Kier molecular flexibility index (Phi) is 5.21. The molecule has 1 aliphatic rings. The highest BCUT2D eigenvalue weighted by Crippen LogP contribution is 2.41. The van der Waals surface area contributed by atoms with Crippen LogP contribution in [0.2, 0.25) is 0 Å². The van der Waals surface area contributed by atoms with Gasteiger partial charge in [0.1, 0.15) is 11.5 Å². The van der Waals surface area contributed by atoms with Crippen LogP contribution in [0.15, 0.2) is 84.9 Å². The number of nitrogens with two attached hydrogens (primary N) is 2. The molecule has 164 valence electrons. The maximum absolute atomic E-state index is 12.8. The van der Waals surface area contributed by atoms with E-state index in [1.54, 1.807) is 24.3 Å². The second kappa shape index (κ2) is 8.49. The third kappa shape index (κ3) is 3.72. The zero-order chi connectivity index (χ0) is 23.7. The Labute approximate surface area is 196 Å². The summed E-state index contributed by atoms with van der Waals surface area (Å²) >= 11 is 0. The fraction of sp³-hybridized carbons (Fsp3) is 0. The Bertz CT molecular complexity index is 1480. The fourth-order valence-corrected chi connectivity index (χ4v) is 3.87. The fourth-order valence-electron chi connectivity index (χ4n) is 3.87. The summed E-state index contributed by atoms with van der Waals surface area (Å²) in [5.74, 6) is 6.37. The van der Waals surface area contributed by atoms with Crippen molar-refractivity contribution in [1.29, 1.82) is 0 Å². The number of hydrogen-bond donors (Lipinski definition) is 3. The van der Waals surface area contributed by atoms with Gasteiger partial charge in [-0.3, -0.25) is 14.9 Å². The molecule has 1 aliphatic heterocycles. The van der Waals surface area contributed by atoms with E-state index in [4.69, 9.17) is 16.2 Å². The summed E-state index contributed by atoms with van der Waals surface area (Å²) in [7, 11) is 0. The summed E-state index contributed by atoms with van der Waals surface area (Å²) in [4.78, 5) is 25.2. The van der Waals surface area contributed by atoms with Crippen molar-refractivity contribution in [2.45, 2.75) is 0 Å². The Morgan fingerprint density at radius 3 is 1.88 bits per heavy atom. The van der Waals surface area contributed by atoms with E-state index < -0.39 is 11.8 Å². The quantitative estimate of drug-likeness (QED) is 0.243. The molecule has 6 heteroatoms. The number of imide groups is 1.